The second-order valence-electron chi connectivity index (χ2n) is 2.35. The molecule has 0 aromatic rings. The van der Waals surface area contributed by atoms with Gasteiger partial charge in [0, 0.05) is 0 Å². The van der Waals surface area contributed by atoms with Crippen molar-refractivity contribution in [1.82, 2.24) is 0 Å². The van der Waals surface area contributed by atoms with Gasteiger partial charge in [-0.2, -0.15) is 0 Å². The lowest BCUT2D eigenvalue weighted by Crippen LogP contribution is -2.04. The zero-order valence-electron chi connectivity index (χ0n) is 4.96. The molecule has 1 fully saturated rings. The molecule has 0 spiro atoms. The monoisotopic (exact) mass is 114 g/mol. The molecule has 0 aromatic heterocycles. The summed E-state index contributed by atoms with van der Waals surface area (Å²) in [5, 5.41) is 0. The van der Waals surface area contributed by atoms with Crippen LogP contribution in [0, 0.1) is 5.92 Å². The van der Waals surface area contributed by atoms with Crippen molar-refractivity contribution in [3.05, 3.63) is 0 Å². The first-order valence-corrected chi connectivity index (χ1v) is 2.90. The van der Waals surface area contributed by atoms with E-state index in [0.717, 1.165) is 19.3 Å². The molecule has 1 heterocycles. The Kier molecular flexibility index (Phi) is 1.63. The Labute approximate surface area is 48.8 Å². The zero-order chi connectivity index (χ0) is 5.98. The van der Waals surface area contributed by atoms with Gasteiger partial charge in [-0.15, -0.1) is 0 Å². The molecule has 0 amide bonds. The van der Waals surface area contributed by atoms with Gasteiger partial charge < -0.3 is 9.53 Å². The molecule has 0 unspecified atom stereocenters. The smallest absolute Gasteiger partial charge is 0.148 e. The first-order chi connectivity index (χ1) is 3.83. The third kappa shape index (κ3) is 1.07. The second kappa shape index (κ2) is 2.27. The lowest BCUT2D eigenvalue weighted by atomic mass is 10.1. The van der Waals surface area contributed by atoms with Crippen LogP contribution in [0.25, 0.3) is 0 Å². The number of ether oxygens (including phenoxy) is 1. The van der Waals surface area contributed by atoms with Crippen LogP contribution >= 0.6 is 0 Å². The topological polar surface area (TPSA) is 26.3 Å². The van der Waals surface area contributed by atoms with Crippen molar-refractivity contribution in [1.29, 1.82) is 0 Å². The molecule has 2 atom stereocenters. The van der Waals surface area contributed by atoms with E-state index in [2.05, 4.69) is 6.92 Å². The lowest BCUT2D eigenvalue weighted by molar-refractivity contribution is -0.115. The summed E-state index contributed by atoms with van der Waals surface area (Å²) < 4.78 is 5.05. The van der Waals surface area contributed by atoms with Crippen LogP contribution < -0.4 is 0 Å². The summed E-state index contributed by atoms with van der Waals surface area (Å²) in [6.07, 6.45) is 1.68. The number of carbonyl (C=O) groups is 1. The second-order valence-corrected chi connectivity index (χ2v) is 2.35. The van der Waals surface area contributed by atoms with E-state index in [0.29, 0.717) is 5.92 Å². The molecule has 0 bridgehead atoms. The van der Waals surface area contributed by atoms with Crippen molar-refractivity contribution < 1.29 is 9.53 Å². The van der Waals surface area contributed by atoms with Gasteiger partial charge in [0.05, 0.1) is 6.61 Å². The molecule has 0 N–H and O–H groups in total. The summed E-state index contributed by atoms with van der Waals surface area (Å²) in [5.74, 6) is 0.574. The number of rotatable bonds is 1. The molecule has 1 aliphatic rings. The predicted octanol–water partition coefficient (Wildman–Crippen LogP) is 0.610. The SMILES string of the molecule is C[C@@H]1CO[C@@H](C=O)C1. The van der Waals surface area contributed by atoms with Crippen molar-refractivity contribution in [2.24, 2.45) is 5.92 Å². The van der Waals surface area contributed by atoms with Crippen LogP contribution in [0.1, 0.15) is 13.3 Å². The summed E-state index contributed by atoms with van der Waals surface area (Å²) in [6.45, 7) is 2.84. The highest BCUT2D eigenvalue weighted by atomic mass is 16.5. The zero-order valence-corrected chi connectivity index (χ0v) is 4.96. The van der Waals surface area contributed by atoms with Gasteiger partial charge in [0.25, 0.3) is 0 Å². The van der Waals surface area contributed by atoms with E-state index in [4.69, 9.17) is 4.74 Å². The van der Waals surface area contributed by atoms with Crippen molar-refractivity contribution >= 4 is 6.29 Å². The first-order valence-electron chi connectivity index (χ1n) is 2.90. The minimum atomic E-state index is -0.106. The summed E-state index contributed by atoms with van der Waals surface area (Å²) >= 11 is 0. The molecule has 2 heteroatoms. The highest BCUT2D eigenvalue weighted by molar-refractivity contribution is 5.56. The maximum Gasteiger partial charge on any atom is 0.148 e. The Morgan fingerprint density at radius 3 is 2.75 bits per heavy atom. The maximum atomic E-state index is 10.0. The van der Waals surface area contributed by atoms with Crippen molar-refractivity contribution in [2.75, 3.05) is 6.61 Å². The van der Waals surface area contributed by atoms with Gasteiger partial charge >= 0.3 is 0 Å². The Morgan fingerprint density at radius 2 is 2.50 bits per heavy atom. The molecule has 0 aromatic carbocycles. The Balaban J connectivity index is 2.32. The fraction of sp³-hybridized carbons (Fsp3) is 0.833. The molecule has 1 aliphatic heterocycles. The quantitative estimate of drug-likeness (QED) is 0.467. The van der Waals surface area contributed by atoms with Crippen LogP contribution in [-0.2, 0) is 9.53 Å². The van der Waals surface area contributed by atoms with Crippen LogP contribution in [-0.4, -0.2) is 19.0 Å². The van der Waals surface area contributed by atoms with Crippen LogP contribution in [0.2, 0.25) is 0 Å². The molecule has 46 valence electrons. The van der Waals surface area contributed by atoms with E-state index in [1.807, 2.05) is 0 Å². The lowest BCUT2D eigenvalue weighted by Gasteiger charge is -1.93. The van der Waals surface area contributed by atoms with Gasteiger partial charge in [-0.1, -0.05) is 6.92 Å². The van der Waals surface area contributed by atoms with Gasteiger partial charge in [-0.25, -0.2) is 0 Å². The van der Waals surface area contributed by atoms with Crippen LogP contribution in [0.15, 0.2) is 0 Å². The third-order valence-corrected chi connectivity index (χ3v) is 1.38. The maximum absolute atomic E-state index is 10.0. The first kappa shape index (κ1) is 5.76. The van der Waals surface area contributed by atoms with Gasteiger partial charge in [-0.05, 0) is 12.3 Å². The average molecular weight is 114 g/mol. The van der Waals surface area contributed by atoms with Crippen LogP contribution in [0.3, 0.4) is 0 Å². The number of hydrogen-bond acceptors (Lipinski definition) is 2. The van der Waals surface area contributed by atoms with Crippen LogP contribution in [0.4, 0.5) is 0 Å². The third-order valence-electron chi connectivity index (χ3n) is 1.38. The van der Waals surface area contributed by atoms with Gasteiger partial charge in [0.1, 0.15) is 12.4 Å². The summed E-state index contributed by atoms with van der Waals surface area (Å²) in [4.78, 5) is 10.0. The minimum absolute atomic E-state index is 0.106. The standard InChI is InChI=1S/C6H10O2/c1-5-2-6(3-7)8-4-5/h3,5-6H,2,4H2,1H3/t5-,6+/m0/s1. The largest absolute Gasteiger partial charge is 0.370 e. The number of carbonyl (C=O) groups excluding carboxylic acids is 1. The van der Waals surface area contributed by atoms with E-state index < -0.39 is 0 Å². The normalized spacial score (nSPS) is 37.6. The number of aldehydes is 1. The highest BCUT2D eigenvalue weighted by Crippen LogP contribution is 2.16. The van der Waals surface area contributed by atoms with E-state index in [-0.39, 0.29) is 6.10 Å². The average Bonchev–Trinajstić information content (AvgIpc) is 2.14. The van der Waals surface area contributed by atoms with E-state index in [1.54, 1.807) is 0 Å². The molecule has 1 rings (SSSR count). The predicted molar refractivity (Wildman–Crippen MR) is 29.6 cm³/mol. The molecule has 8 heavy (non-hydrogen) atoms. The molecule has 0 saturated carbocycles. The Morgan fingerprint density at radius 1 is 1.75 bits per heavy atom. The molecule has 1 saturated heterocycles. The van der Waals surface area contributed by atoms with Gasteiger partial charge in [-0.3, -0.25) is 0 Å². The fourth-order valence-electron chi connectivity index (χ4n) is 0.915. The van der Waals surface area contributed by atoms with E-state index in [9.17, 15) is 4.79 Å². The highest BCUT2D eigenvalue weighted by Gasteiger charge is 2.20. The molecular weight excluding hydrogens is 104 g/mol. The Bertz CT molecular complexity index is 90.5. The molecule has 0 aliphatic carbocycles. The summed E-state index contributed by atoms with van der Waals surface area (Å²) in [7, 11) is 0. The fourth-order valence-corrected chi connectivity index (χ4v) is 0.915. The Hall–Kier alpha value is -0.370. The van der Waals surface area contributed by atoms with Crippen LogP contribution in [0.5, 0.6) is 0 Å². The van der Waals surface area contributed by atoms with Crippen molar-refractivity contribution in [2.45, 2.75) is 19.4 Å². The van der Waals surface area contributed by atoms with E-state index >= 15 is 0 Å². The summed E-state index contributed by atoms with van der Waals surface area (Å²) in [6, 6.07) is 0. The minimum Gasteiger partial charge on any atom is -0.370 e. The van der Waals surface area contributed by atoms with Crippen molar-refractivity contribution in [3.63, 3.8) is 0 Å². The molecule has 0 radical (unpaired) electrons. The molecule has 2 nitrogen and oxygen atoms in total. The number of hydrogen-bond donors (Lipinski definition) is 0. The van der Waals surface area contributed by atoms with E-state index in [1.165, 1.54) is 0 Å². The summed E-state index contributed by atoms with van der Waals surface area (Å²) in [5.41, 5.74) is 0. The van der Waals surface area contributed by atoms with Gasteiger partial charge in [0.15, 0.2) is 0 Å². The molecular formula is C6H10O2. The van der Waals surface area contributed by atoms with Gasteiger partial charge in [0.2, 0.25) is 0 Å². The van der Waals surface area contributed by atoms with Crippen molar-refractivity contribution in [3.8, 4) is 0 Å².